The van der Waals surface area contributed by atoms with Gasteiger partial charge >= 0.3 is 12.1 Å². The first kappa shape index (κ1) is 33.7. The Morgan fingerprint density at radius 2 is 1.74 bits per heavy atom. The summed E-state index contributed by atoms with van der Waals surface area (Å²) in [5.41, 5.74) is -1.98. The zero-order valence-electron chi connectivity index (χ0n) is 24.2. The summed E-state index contributed by atoms with van der Waals surface area (Å²) >= 11 is 0. The summed E-state index contributed by atoms with van der Waals surface area (Å²) in [6.45, 7) is 2.76. The number of ketones is 2. The number of aromatic hydroxyl groups is 1. The second-order valence-electron chi connectivity index (χ2n) is 11.6. The molecule has 1 aliphatic carbocycles. The van der Waals surface area contributed by atoms with Crippen molar-refractivity contribution in [2.24, 2.45) is 11.8 Å². The van der Waals surface area contributed by atoms with E-state index in [0.717, 1.165) is 5.56 Å². The number of phenols is 1. The first-order valence-corrected chi connectivity index (χ1v) is 14.0. The van der Waals surface area contributed by atoms with Crippen molar-refractivity contribution < 1.29 is 54.6 Å². The molecule has 0 saturated carbocycles. The third kappa shape index (κ3) is 8.38. The number of nitrogens with one attached hydrogen (secondary N) is 1. The standard InChI is InChI=1S/C31H39NO11/c1-18(2)16-43-29(40)32-14-19-3-5-20(6-4-19)21-7-8-24(35)28-22(21)12-30(41,13-26(28)37)17-31(42,9-10-33)23(15-34)25(36)11-27(38)39/h3-8,18,23,33-35,41-42H,9-17H2,1-2H3,(H,32,40)(H,38,39). The number of carboxylic acid groups (broad SMARTS) is 1. The lowest BCUT2D eigenvalue weighted by Crippen LogP contribution is -2.53. The quantitative estimate of drug-likeness (QED) is 0.156. The number of carbonyl (C=O) groups is 4. The topological polar surface area (TPSA) is 211 Å². The highest BCUT2D eigenvalue weighted by Gasteiger charge is 2.49. The number of amides is 1. The van der Waals surface area contributed by atoms with Crippen molar-refractivity contribution in [3.05, 3.63) is 53.1 Å². The monoisotopic (exact) mass is 601 g/mol. The largest absolute Gasteiger partial charge is 0.507 e. The van der Waals surface area contributed by atoms with Crippen LogP contribution in [-0.2, 0) is 27.3 Å². The number of alkyl carbamates (subject to hydrolysis) is 1. The van der Waals surface area contributed by atoms with Gasteiger partial charge in [-0.1, -0.05) is 44.2 Å². The second-order valence-corrected chi connectivity index (χ2v) is 11.6. The van der Waals surface area contributed by atoms with Gasteiger partial charge in [0, 0.05) is 38.8 Å². The van der Waals surface area contributed by atoms with E-state index < -0.39 is 79.6 Å². The Labute approximate surface area is 248 Å². The zero-order chi connectivity index (χ0) is 31.9. The summed E-state index contributed by atoms with van der Waals surface area (Å²) in [7, 11) is 0. The Balaban J connectivity index is 1.90. The third-order valence-corrected chi connectivity index (χ3v) is 7.54. The third-order valence-electron chi connectivity index (χ3n) is 7.54. The van der Waals surface area contributed by atoms with Crippen LogP contribution in [0.2, 0.25) is 0 Å². The van der Waals surface area contributed by atoms with Crippen molar-refractivity contribution in [1.82, 2.24) is 5.32 Å². The number of ether oxygens (including phenoxy) is 1. The van der Waals surface area contributed by atoms with Crippen LogP contribution in [0.5, 0.6) is 5.75 Å². The van der Waals surface area contributed by atoms with Gasteiger partial charge in [0.15, 0.2) is 11.6 Å². The maximum absolute atomic E-state index is 13.3. The van der Waals surface area contributed by atoms with E-state index in [4.69, 9.17) is 9.84 Å². The van der Waals surface area contributed by atoms with Crippen molar-refractivity contribution in [1.29, 1.82) is 0 Å². The molecular formula is C31H39NO11. The van der Waals surface area contributed by atoms with Crippen LogP contribution in [0.4, 0.5) is 4.79 Å². The second kappa shape index (κ2) is 14.1. The normalized spacial score (nSPS) is 18.4. The van der Waals surface area contributed by atoms with E-state index in [0.29, 0.717) is 23.3 Å². The van der Waals surface area contributed by atoms with Gasteiger partial charge in [0.1, 0.15) is 12.2 Å². The molecular weight excluding hydrogens is 562 g/mol. The highest BCUT2D eigenvalue weighted by molar-refractivity contribution is 6.03. The molecule has 0 saturated heterocycles. The molecule has 0 fully saturated rings. The summed E-state index contributed by atoms with van der Waals surface area (Å²) in [6, 6.07) is 9.95. The molecule has 12 nitrogen and oxygen atoms in total. The molecule has 0 heterocycles. The van der Waals surface area contributed by atoms with Crippen LogP contribution in [0.15, 0.2) is 36.4 Å². The average Bonchev–Trinajstić information content (AvgIpc) is 2.90. The van der Waals surface area contributed by atoms with Gasteiger partial charge in [0.2, 0.25) is 0 Å². The molecule has 3 atom stereocenters. The number of benzene rings is 2. The number of Topliss-reactive ketones (excluding diaryl/α,β-unsaturated/α-hetero) is 2. The van der Waals surface area contributed by atoms with Gasteiger partial charge in [-0.05, 0) is 34.2 Å². The molecule has 43 heavy (non-hydrogen) atoms. The van der Waals surface area contributed by atoms with Gasteiger partial charge in [0.25, 0.3) is 0 Å². The van der Waals surface area contributed by atoms with E-state index in [1.165, 1.54) is 6.07 Å². The molecule has 3 unspecified atom stereocenters. The summed E-state index contributed by atoms with van der Waals surface area (Å²) in [5, 5.41) is 64.9. The summed E-state index contributed by atoms with van der Waals surface area (Å²) in [5.74, 6) is -4.80. The number of hydrogen-bond acceptors (Lipinski definition) is 10. The van der Waals surface area contributed by atoms with E-state index in [2.05, 4.69) is 5.32 Å². The lowest BCUT2D eigenvalue weighted by molar-refractivity contribution is -0.151. The molecule has 3 rings (SSSR count). The fourth-order valence-electron chi connectivity index (χ4n) is 5.57. The van der Waals surface area contributed by atoms with Gasteiger partial charge in [-0.15, -0.1) is 0 Å². The molecule has 2 aromatic rings. The number of carbonyl (C=O) groups excluding carboxylic acids is 3. The van der Waals surface area contributed by atoms with Gasteiger partial charge in [0.05, 0.1) is 35.9 Å². The molecule has 0 aromatic heterocycles. The molecule has 7 N–H and O–H groups in total. The maximum Gasteiger partial charge on any atom is 0.407 e. The Kier molecular flexibility index (Phi) is 11.0. The molecule has 1 amide bonds. The lowest BCUT2D eigenvalue weighted by atomic mass is 9.68. The minimum atomic E-state index is -2.23. The zero-order valence-corrected chi connectivity index (χ0v) is 24.2. The summed E-state index contributed by atoms with van der Waals surface area (Å²) in [4.78, 5) is 48.8. The Morgan fingerprint density at radius 1 is 1.07 bits per heavy atom. The number of fused-ring (bicyclic) bond motifs is 1. The summed E-state index contributed by atoms with van der Waals surface area (Å²) in [6.07, 6.45) is -3.40. The number of rotatable bonds is 14. The molecule has 2 aromatic carbocycles. The number of aliphatic carboxylic acids is 1. The van der Waals surface area contributed by atoms with Crippen LogP contribution in [0.3, 0.4) is 0 Å². The SMILES string of the molecule is CC(C)COC(=O)NCc1ccc(-c2ccc(O)c3c2CC(O)(CC(O)(CCO)C(CO)C(=O)CC(=O)O)CC3=O)cc1. The Bertz CT molecular complexity index is 1340. The lowest BCUT2D eigenvalue weighted by Gasteiger charge is -2.42. The van der Waals surface area contributed by atoms with Crippen molar-refractivity contribution >= 4 is 23.6 Å². The van der Waals surface area contributed by atoms with E-state index in [-0.39, 0.29) is 30.2 Å². The number of hydrogen-bond donors (Lipinski definition) is 7. The molecule has 0 aliphatic heterocycles. The van der Waals surface area contributed by atoms with Gasteiger partial charge in [-0.25, -0.2) is 4.79 Å². The number of aliphatic hydroxyl groups is 4. The van der Waals surface area contributed by atoms with E-state index >= 15 is 0 Å². The Hall–Kier alpha value is -3.84. The van der Waals surface area contributed by atoms with E-state index in [1.807, 2.05) is 13.8 Å². The summed E-state index contributed by atoms with van der Waals surface area (Å²) < 4.78 is 5.10. The van der Waals surface area contributed by atoms with Gasteiger partial charge < -0.3 is 40.7 Å². The van der Waals surface area contributed by atoms with Crippen LogP contribution in [-0.4, -0.2) is 85.3 Å². The predicted molar refractivity (Wildman–Crippen MR) is 153 cm³/mol. The first-order valence-electron chi connectivity index (χ1n) is 14.0. The van der Waals surface area contributed by atoms with Crippen molar-refractivity contribution in [3.8, 4) is 16.9 Å². The van der Waals surface area contributed by atoms with Crippen LogP contribution in [0.1, 0.15) is 61.0 Å². The van der Waals surface area contributed by atoms with Crippen LogP contribution in [0.25, 0.3) is 11.1 Å². The fraction of sp³-hybridized carbons (Fsp3) is 0.484. The molecule has 0 spiro atoms. The molecule has 234 valence electrons. The minimum absolute atomic E-state index is 0.00664. The fourth-order valence-corrected chi connectivity index (χ4v) is 5.57. The number of carboxylic acids is 1. The predicted octanol–water partition coefficient (Wildman–Crippen LogP) is 1.96. The minimum Gasteiger partial charge on any atom is -0.507 e. The van der Waals surface area contributed by atoms with Crippen molar-refractivity contribution in [2.75, 3.05) is 19.8 Å². The number of phenolic OH excluding ortho intramolecular Hbond substituents is 1. The van der Waals surface area contributed by atoms with Crippen LogP contribution in [0, 0.1) is 11.8 Å². The van der Waals surface area contributed by atoms with Gasteiger partial charge in [-0.2, -0.15) is 0 Å². The van der Waals surface area contributed by atoms with E-state index in [9.17, 15) is 44.7 Å². The highest BCUT2D eigenvalue weighted by Crippen LogP contribution is 2.44. The van der Waals surface area contributed by atoms with Crippen LogP contribution >= 0.6 is 0 Å². The Morgan fingerprint density at radius 3 is 2.33 bits per heavy atom. The van der Waals surface area contributed by atoms with Gasteiger partial charge in [-0.3, -0.25) is 14.4 Å². The molecule has 12 heteroatoms. The van der Waals surface area contributed by atoms with Crippen LogP contribution < -0.4 is 5.32 Å². The smallest absolute Gasteiger partial charge is 0.407 e. The highest BCUT2D eigenvalue weighted by atomic mass is 16.5. The molecule has 0 bridgehead atoms. The molecule has 0 radical (unpaired) electrons. The van der Waals surface area contributed by atoms with E-state index in [1.54, 1.807) is 30.3 Å². The number of aliphatic hydroxyl groups excluding tert-OH is 2. The maximum atomic E-state index is 13.3. The average molecular weight is 602 g/mol. The first-order chi connectivity index (χ1) is 20.2. The molecule has 1 aliphatic rings. The van der Waals surface area contributed by atoms with Crippen molar-refractivity contribution in [2.45, 2.75) is 63.7 Å². The van der Waals surface area contributed by atoms with Crippen molar-refractivity contribution in [3.63, 3.8) is 0 Å².